The number of aromatic nitrogens is 3. The third-order valence-corrected chi connectivity index (χ3v) is 7.46. The number of nitrogens with zero attached hydrogens (tertiary/aromatic N) is 4. The number of amides is 2. The first-order valence-corrected chi connectivity index (χ1v) is 12.8. The number of urea groups is 1. The highest BCUT2D eigenvalue weighted by Crippen LogP contribution is 2.41. The van der Waals surface area contributed by atoms with Crippen LogP contribution in [0.15, 0.2) is 30.5 Å². The number of nitrogens with two attached hydrogens (primary N) is 1. The molecule has 4 heterocycles. The van der Waals surface area contributed by atoms with E-state index in [-0.39, 0.29) is 21.9 Å². The number of halogens is 3. The first-order chi connectivity index (χ1) is 17.7. The van der Waals surface area contributed by atoms with E-state index >= 15 is 0 Å². The zero-order valence-corrected chi connectivity index (χ0v) is 21.9. The Morgan fingerprint density at radius 1 is 1.35 bits per heavy atom. The fourth-order valence-corrected chi connectivity index (χ4v) is 5.57. The molecule has 12 heteroatoms. The number of hydrogen-bond donors (Lipinski definition) is 2. The minimum atomic E-state index is -0.694. The molecule has 2 amide bonds. The second-order valence-electron chi connectivity index (χ2n) is 9.11. The van der Waals surface area contributed by atoms with Crippen molar-refractivity contribution in [3.8, 4) is 17.0 Å². The van der Waals surface area contributed by atoms with Gasteiger partial charge in [0.15, 0.2) is 11.6 Å². The van der Waals surface area contributed by atoms with E-state index in [1.54, 1.807) is 24.1 Å². The highest BCUT2D eigenvalue weighted by molar-refractivity contribution is 6.36. The van der Waals surface area contributed by atoms with Crippen LogP contribution < -0.4 is 15.8 Å². The molecule has 2 aliphatic rings. The van der Waals surface area contributed by atoms with Crippen LogP contribution >= 0.6 is 23.2 Å². The lowest BCUT2D eigenvalue weighted by molar-refractivity contribution is -0.0701. The summed E-state index contributed by atoms with van der Waals surface area (Å²) in [6.07, 6.45) is 1.60. The molecule has 0 radical (unpaired) electrons. The number of likely N-dealkylation sites (tertiary alicyclic amines) is 1. The van der Waals surface area contributed by atoms with Crippen molar-refractivity contribution >= 4 is 35.1 Å². The number of nitrogen functional groups attached to an aromatic ring is 1. The Balaban J connectivity index is 1.43. The van der Waals surface area contributed by atoms with E-state index in [0.29, 0.717) is 61.8 Å². The van der Waals surface area contributed by atoms with Crippen molar-refractivity contribution in [3.63, 3.8) is 0 Å². The number of benzene rings is 1. The summed E-state index contributed by atoms with van der Waals surface area (Å²) in [6, 6.07) is 6.23. The minimum Gasteiger partial charge on any atom is -0.482 e. The van der Waals surface area contributed by atoms with Crippen molar-refractivity contribution in [1.82, 2.24) is 25.0 Å². The van der Waals surface area contributed by atoms with Gasteiger partial charge in [-0.2, -0.15) is 5.10 Å². The SMILES string of the molecule is CCNC(=O)N1CCC2(C1)OCCn1nc(-c3cnc(N)c(OC(C)c4c(Cl)ccc(F)c4Cl)c3)cc12. The number of ether oxygens (including phenoxy) is 2. The van der Waals surface area contributed by atoms with Crippen molar-refractivity contribution in [1.29, 1.82) is 0 Å². The molecule has 1 fully saturated rings. The van der Waals surface area contributed by atoms with Gasteiger partial charge in [-0.05, 0) is 38.1 Å². The molecule has 1 aromatic carbocycles. The monoisotopic (exact) mass is 548 g/mol. The molecule has 9 nitrogen and oxygen atoms in total. The van der Waals surface area contributed by atoms with Crippen LogP contribution in [0.25, 0.3) is 11.3 Å². The molecule has 5 rings (SSSR count). The number of nitrogens with one attached hydrogen (secondary N) is 1. The molecular weight excluding hydrogens is 522 g/mol. The number of fused-ring (bicyclic) bond motifs is 2. The molecule has 2 aliphatic heterocycles. The first kappa shape index (κ1) is 25.6. The van der Waals surface area contributed by atoms with Crippen LogP contribution in [0, 0.1) is 5.82 Å². The Morgan fingerprint density at radius 2 is 2.16 bits per heavy atom. The van der Waals surface area contributed by atoms with Gasteiger partial charge in [-0.3, -0.25) is 4.68 Å². The highest BCUT2D eigenvalue weighted by atomic mass is 35.5. The summed E-state index contributed by atoms with van der Waals surface area (Å²) < 4.78 is 28.2. The van der Waals surface area contributed by atoms with Crippen LogP contribution in [0.1, 0.15) is 37.6 Å². The summed E-state index contributed by atoms with van der Waals surface area (Å²) in [5.74, 6) is -0.133. The molecule has 3 N–H and O–H groups in total. The predicted molar refractivity (Wildman–Crippen MR) is 138 cm³/mol. The predicted octanol–water partition coefficient (Wildman–Crippen LogP) is 4.77. The topological polar surface area (TPSA) is 108 Å². The molecule has 2 aromatic heterocycles. The maximum Gasteiger partial charge on any atom is 0.317 e. The van der Waals surface area contributed by atoms with Crippen molar-refractivity contribution < 1.29 is 18.7 Å². The molecule has 196 valence electrons. The molecule has 2 atom stereocenters. The van der Waals surface area contributed by atoms with Gasteiger partial charge >= 0.3 is 6.03 Å². The van der Waals surface area contributed by atoms with Gasteiger partial charge in [0.2, 0.25) is 0 Å². The second-order valence-corrected chi connectivity index (χ2v) is 9.90. The first-order valence-electron chi connectivity index (χ1n) is 12.0. The van der Waals surface area contributed by atoms with Crippen LogP contribution in [0.5, 0.6) is 5.75 Å². The quantitative estimate of drug-likeness (QED) is 0.444. The van der Waals surface area contributed by atoms with Crippen LogP contribution in [0.3, 0.4) is 0 Å². The molecule has 0 aliphatic carbocycles. The average Bonchev–Trinajstić information content (AvgIpc) is 3.50. The number of anilines is 1. The fourth-order valence-electron chi connectivity index (χ4n) is 4.90. The molecule has 37 heavy (non-hydrogen) atoms. The van der Waals surface area contributed by atoms with Crippen LogP contribution in [-0.4, -0.2) is 51.9 Å². The average molecular weight is 549 g/mol. The Hall–Kier alpha value is -3.08. The standard InChI is InChI=1S/C25H27Cl2FN6O3/c1-3-30-24(35)33-7-6-25(13-33)20-11-18(32-34(20)8-9-36-25)15-10-19(23(29)31-12-15)37-14(2)21-16(26)4-5-17(28)22(21)27/h4-5,10-12,14H,3,6-9,13H2,1-2H3,(H2,29,31)(H,30,35). The number of pyridine rings is 1. The molecular formula is C25H27Cl2FN6O3. The molecule has 1 spiro atoms. The molecule has 0 saturated carbocycles. The highest BCUT2D eigenvalue weighted by Gasteiger charge is 2.46. The van der Waals surface area contributed by atoms with Gasteiger partial charge in [0.1, 0.15) is 17.5 Å². The van der Waals surface area contributed by atoms with E-state index in [1.807, 2.05) is 17.7 Å². The van der Waals surface area contributed by atoms with Crippen LogP contribution in [-0.2, 0) is 16.9 Å². The van der Waals surface area contributed by atoms with Gasteiger partial charge in [-0.25, -0.2) is 14.2 Å². The van der Waals surface area contributed by atoms with E-state index in [4.69, 9.17) is 43.5 Å². The summed E-state index contributed by atoms with van der Waals surface area (Å²) in [4.78, 5) is 18.5. The zero-order chi connectivity index (χ0) is 26.3. The van der Waals surface area contributed by atoms with E-state index in [1.165, 1.54) is 12.1 Å². The number of carbonyl (C=O) groups excluding carboxylic acids is 1. The number of rotatable bonds is 5. The number of carbonyl (C=O) groups is 1. The maximum absolute atomic E-state index is 14.0. The van der Waals surface area contributed by atoms with Gasteiger partial charge in [0, 0.05) is 41.9 Å². The maximum atomic E-state index is 14.0. The molecule has 1 saturated heterocycles. The van der Waals surface area contributed by atoms with Crippen molar-refractivity contribution in [2.45, 2.75) is 38.5 Å². The summed E-state index contributed by atoms with van der Waals surface area (Å²) in [5.41, 5.74) is 8.06. The number of hydrogen-bond acceptors (Lipinski definition) is 6. The van der Waals surface area contributed by atoms with Gasteiger partial charge in [-0.1, -0.05) is 23.2 Å². The Labute approximate surface area is 223 Å². The Morgan fingerprint density at radius 3 is 2.95 bits per heavy atom. The third-order valence-electron chi connectivity index (χ3n) is 6.74. The normalized spacial score (nSPS) is 19.6. The lowest BCUT2D eigenvalue weighted by atomic mass is 9.96. The Kier molecular flexibility index (Phi) is 6.91. The van der Waals surface area contributed by atoms with Crippen molar-refractivity contribution in [2.24, 2.45) is 0 Å². The van der Waals surface area contributed by atoms with Crippen molar-refractivity contribution in [2.75, 3.05) is 32.0 Å². The third kappa shape index (κ3) is 4.69. The molecule has 2 unspecified atom stereocenters. The fraction of sp³-hybridized carbons (Fsp3) is 0.400. The van der Waals surface area contributed by atoms with Gasteiger partial charge in [-0.15, -0.1) is 0 Å². The minimum absolute atomic E-state index is 0.100. The largest absolute Gasteiger partial charge is 0.482 e. The van der Waals surface area contributed by atoms with Crippen molar-refractivity contribution in [3.05, 3.63) is 57.6 Å². The second kappa shape index (κ2) is 10.00. The molecule has 0 bridgehead atoms. The summed E-state index contributed by atoms with van der Waals surface area (Å²) in [7, 11) is 0. The van der Waals surface area contributed by atoms with Crippen LogP contribution in [0.4, 0.5) is 15.0 Å². The van der Waals surface area contributed by atoms with E-state index in [9.17, 15) is 9.18 Å². The Bertz CT molecular complexity index is 1350. The zero-order valence-electron chi connectivity index (χ0n) is 20.4. The smallest absolute Gasteiger partial charge is 0.317 e. The summed E-state index contributed by atoms with van der Waals surface area (Å²) >= 11 is 12.4. The van der Waals surface area contributed by atoms with Gasteiger partial charge in [0.25, 0.3) is 0 Å². The van der Waals surface area contributed by atoms with E-state index in [2.05, 4.69) is 10.3 Å². The lowest BCUT2D eigenvalue weighted by Crippen LogP contribution is -2.44. The molecule has 3 aromatic rings. The van der Waals surface area contributed by atoms with Gasteiger partial charge in [0.05, 0.1) is 36.1 Å². The summed E-state index contributed by atoms with van der Waals surface area (Å²) in [5, 5.41) is 7.81. The van der Waals surface area contributed by atoms with Crippen LogP contribution in [0.2, 0.25) is 10.0 Å². The van der Waals surface area contributed by atoms with E-state index in [0.717, 1.165) is 5.69 Å². The van der Waals surface area contributed by atoms with E-state index < -0.39 is 17.5 Å². The lowest BCUT2D eigenvalue weighted by Gasteiger charge is -2.34. The van der Waals surface area contributed by atoms with Gasteiger partial charge < -0.3 is 25.4 Å². The summed E-state index contributed by atoms with van der Waals surface area (Å²) in [6.45, 7) is 6.30.